The molecule has 1 aliphatic rings. The van der Waals surface area contributed by atoms with Crippen molar-refractivity contribution in [1.82, 2.24) is 10.2 Å². The van der Waals surface area contributed by atoms with Gasteiger partial charge >= 0.3 is 0 Å². The van der Waals surface area contributed by atoms with E-state index in [4.69, 9.17) is 27.9 Å². The number of benzene rings is 2. The highest BCUT2D eigenvalue weighted by Crippen LogP contribution is 2.24. The Morgan fingerprint density at radius 2 is 1.84 bits per heavy atom. The fraction of sp³-hybridized carbons (Fsp3) is 0.417. The Morgan fingerprint density at radius 1 is 1.13 bits per heavy atom. The van der Waals surface area contributed by atoms with Crippen LogP contribution in [0.5, 0.6) is 5.75 Å². The Kier molecular flexibility index (Phi) is 8.61. The summed E-state index contributed by atoms with van der Waals surface area (Å²) in [4.78, 5) is 27.8. The van der Waals surface area contributed by atoms with Crippen LogP contribution in [0.1, 0.15) is 44.6 Å². The van der Waals surface area contributed by atoms with Crippen LogP contribution in [0.2, 0.25) is 10.0 Å². The lowest BCUT2D eigenvalue weighted by Gasteiger charge is -2.31. The number of nitrogens with zero attached hydrogens (tertiary/aromatic N) is 1. The van der Waals surface area contributed by atoms with E-state index in [1.54, 1.807) is 35.2 Å². The Balaban J connectivity index is 1.78. The Morgan fingerprint density at radius 3 is 2.48 bits per heavy atom. The number of carbonyl (C=O) groups excluding carboxylic acids is 2. The smallest absolute Gasteiger partial charge is 0.261 e. The molecule has 1 fully saturated rings. The highest BCUT2D eigenvalue weighted by molar-refractivity contribution is 6.35. The SMILES string of the molecule is CC[C@@H](C(=O)NC1CCCC1)N(Cc1ccc(Cl)cc1Cl)C(=O)COc1ccccc1. The molecule has 1 N–H and O–H groups in total. The molecular formula is C24H28Cl2N2O3. The van der Waals surface area contributed by atoms with Gasteiger partial charge in [-0.25, -0.2) is 0 Å². The van der Waals surface area contributed by atoms with Gasteiger partial charge in [-0.05, 0) is 49.1 Å². The van der Waals surface area contributed by atoms with Crippen molar-refractivity contribution in [3.8, 4) is 5.75 Å². The van der Waals surface area contributed by atoms with Crippen molar-refractivity contribution < 1.29 is 14.3 Å². The number of hydrogen-bond acceptors (Lipinski definition) is 3. The van der Waals surface area contributed by atoms with Gasteiger partial charge in [0.15, 0.2) is 6.61 Å². The van der Waals surface area contributed by atoms with Gasteiger partial charge < -0.3 is 15.0 Å². The van der Waals surface area contributed by atoms with Crippen LogP contribution < -0.4 is 10.1 Å². The molecule has 2 aromatic carbocycles. The van der Waals surface area contributed by atoms with Crippen LogP contribution >= 0.6 is 23.2 Å². The molecule has 0 heterocycles. The lowest BCUT2D eigenvalue weighted by atomic mass is 10.1. The topological polar surface area (TPSA) is 58.6 Å². The zero-order valence-electron chi connectivity index (χ0n) is 17.7. The number of nitrogens with one attached hydrogen (secondary N) is 1. The van der Waals surface area contributed by atoms with Crippen molar-refractivity contribution in [2.24, 2.45) is 0 Å². The Labute approximate surface area is 193 Å². The van der Waals surface area contributed by atoms with E-state index in [0.717, 1.165) is 31.2 Å². The van der Waals surface area contributed by atoms with E-state index >= 15 is 0 Å². The molecule has 0 aliphatic heterocycles. The van der Waals surface area contributed by atoms with Crippen molar-refractivity contribution in [3.63, 3.8) is 0 Å². The Bertz CT molecular complexity index is 886. The van der Waals surface area contributed by atoms with Gasteiger partial charge in [0.1, 0.15) is 11.8 Å². The molecule has 1 aliphatic carbocycles. The highest BCUT2D eigenvalue weighted by Gasteiger charge is 2.31. The van der Waals surface area contributed by atoms with E-state index < -0.39 is 6.04 Å². The molecule has 0 spiro atoms. The fourth-order valence-electron chi connectivity index (χ4n) is 3.87. The zero-order valence-corrected chi connectivity index (χ0v) is 19.2. The molecule has 2 amide bonds. The van der Waals surface area contributed by atoms with Crippen LogP contribution in [-0.4, -0.2) is 35.4 Å². The van der Waals surface area contributed by atoms with E-state index in [-0.39, 0.29) is 31.0 Å². The molecule has 5 nitrogen and oxygen atoms in total. The minimum absolute atomic E-state index is 0.132. The molecule has 7 heteroatoms. The summed E-state index contributed by atoms with van der Waals surface area (Å²) < 4.78 is 5.67. The van der Waals surface area contributed by atoms with Crippen molar-refractivity contribution in [2.45, 2.75) is 57.7 Å². The first-order chi connectivity index (χ1) is 15.0. The van der Waals surface area contributed by atoms with E-state index in [1.165, 1.54) is 0 Å². The summed E-state index contributed by atoms with van der Waals surface area (Å²) in [5, 5.41) is 4.10. The summed E-state index contributed by atoms with van der Waals surface area (Å²) in [6.45, 7) is 1.94. The summed E-state index contributed by atoms with van der Waals surface area (Å²) in [6, 6.07) is 13.9. The predicted molar refractivity (Wildman–Crippen MR) is 123 cm³/mol. The normalized spacial score (nSPS) is 14.8. The van der Waals surface area contributed by atoms with E-state index in [1.807, 2.05) is 25.1 Å². The molecule has 0 radical (unpaired) electrons. The van der Waals surface area contributed by atoms with Crippen molar-refractivity contribution in [3.05, 3.63) is 64.1 Å². The monoisotopic (exact) mass is 462 g/mol. The van der Waals surface area contributed by atoms with Crippen LogP contribution in [0.3, 0.4) is 0 Å². The number of para-hydroxylation sites is 1. The number of ether oxygens (including phenoxy) is 1. The summed E-state index contributed by atoms with van der Waals surface area (Å²) in [7, 11) is 0. The molecular weight excluding hydrogens is 435 g/mol. The molecule has 0 saturated heterocycles. The molecule has 0 bridgehead atoms. The quantitative estimate of drug-likeness (QED) is 0.554. The third-order valence-corrected chi connectivity index (χ3v) is 6.14. The van der Waals surface area contributed by atoms with Crippen LogP contribution in [0.25, 0.3) is 0 Å². The van der Waals surface area contributed by atoms with Crippen molar-refractivity contribution >= 4 is 35.0 Å². The maximum atomic E-state index is 13.2. The summed E-state index contributed by atoms with van der Waals surface area (Å²) in [5.41, 5.74) is 0.728. The van der Waals surface area contributed by atoms with Crippen LogP contribution in [0, 0.1) is 0 Å². The molecule has 1 saturated carbocycles. The zero-order chi connectivity index (χ0) is 22.2. The summed E-state index contributed by atoms with van der Waals surface area (Å²) in [6.07, 6.45) is 4.69. The Hall–Kier alpha value is -2.24. The van der Waals surface area contributed by atoms with Gasteiger partial charge in [0, 0.05) is 22.6 Å². The predicted octanol–water partition coefficient (Wildman–Crippen LogP) is 5.24. The summed E-state index contributed by atoms with van der Waals surface area (Å²) >= 11 is 12.4. The first kappa shape index (κ1) is 23.4. The first-order valence-corrected chi connectivity index (χ1v) is 11.4. The largest absolute Gasteiger partial charge is 0.484 e. The van der Waals surface area contributed by atoms with Crippen molar-refractivity contribution in [2.75, 3.05) is 6.61 Å². The van der Waals surface area contributed by atoms with Crippen LogP contribution in [0.15, 0.2) is 48.5 Å². The van der Waals surface area contributed by atoms with E-state index in [9.17, 15) is 9.59 Å². The maximum Gasteiger partial charge on any atom is 0.261 e. The lowest BCUT2D eigenvalue weighted by Crippen LogP contribution is -2.52. The molecule has 2 aromatic rings. The molecule has 3 rings (SSSR count). The molecule has 31 heavy (non-hydrogen) atoms. The van der Waals surface area contributed by atoms with Gasteiger partial charge in [0.2, 0.25) is 5.91 Å². The second kappa shape index (κ2) is 11.4. The third kappa shape index (κ3) is 6.62. The summed E-state index contributed by atoms with van der Waals surface area (Å²) in [5.74, 6) is 0.194. The molecule has 1 atom stereocenters. The number of hydrogen-bond donors (Lipinski definition) is 1. The third-order valence-electron chi connectivity index (χ3n) is 5.55. The van der Waals surface area contributed by atoms with Gasteiger partial charge in [-0.15, -0.1) is 0 Å². The molecule has 166 valence electrons. The molecule has 0 aromatic heterocycles. The van der Waals surface area contributed by atoms with Gasteiger partial charge in [-0.1, -0.05) is 67.2 Å². The van der Waals surface area contributed by atoms with Gasteiger partial charge in [0.05, 0.1) is 0 Å². The minimum Gasteiger partial charge on any atom is -0.484 e. The lowest BCUT2D eigenvalue weighted by molar-refractivity contribution is -0.143. The first-order valence-electron chi connectivity index (χ1n) is 10.7. The maximum absolute atomic E-state index is 13.2. The average Bonchev–Trinajstić information content (AvgIpc) is 3.27. The average molecular weight is 463 g/mol. The van der Waals surface area contributed by atoms with E-state index in [0.29, 0.717) is 22.2 Å². The van der Waals surface area contributed by atoms with Gasteiger partial charge in [-0.2, -0.15) is 0 Å². The number of rotatable bonds is 9. The second-order valence-corrected chi connectivity index (χ2v) is 8.62. The minimum atomic E-state index is -0.612. The van der Waals surface area contributed by atoms with Crippen LogP contribution in [-0.2, 0) is 16.1 Å². The van der Waals surface area contributed by atoms with E-state index in [2.05, 4.69) is 5.32 Å². The van der Waals surface area contributed by atoms with Gasteiger partial charge in [0.25, 0.3) is 5.91 Å². The highest BCUT2D eigenvalue weighted by atomic mass is 35.5. The van der Waals surface area contributed by atoms with Gasteiger partial charge in [-0.3, -0.25) is 9.59 Å². The fourth-order valence-corrected chi connectivity index (χ4v) is 4.33. The molecule has 0 unspecified atom stereocenters. The second-order valence-electron chi connectivity index (χ2n) is 7.77. The van der Waals surface area contributed by atoms with Crippen molar-refractivity contribution in [1.29, 1.82) is 0 Å². The number of carbonyl (C=O) groups is 2. The standard InChI is InChI=1S/C24H28Cl2N2O3/c1-2-22(24(30)27-19-8-6-7-9-19)28(15-17-12-13-18(25)14-21(17)26)23(29)16-31-20-10-4-3-5-11-20/h3-5,10-14,19,22H,2,6-9,15-16H2,1H3,(H,27,30)/t22-/m0/s1. The van der Waals surface area contributed by atoms with Crippen LogP contribution in [0.4, 0.5) is 0 Å². The number of halogens is 2. The number of amides is 2.